The molecule has 0 aromatic carbocycles. The highest BCUT2D eigenvalue weighted by molar-refractivity contribution is 5.75. The van der Waals surface area contributed by atoms with Gasteiger partial charge in [-0.2, -0.15) is 0 Å². The average Bonchev–Trinajstić information content (AvgIpc) is 2.33. The molecule has 1 unspecified atom stereocenters. The maximum Gasteiger partial charge on any atom is 0.312 e. The first-order valence-corrected chi connectivity index (χ1v) is 5.85. The van der Waals surface area contributed by atoms with E-state index in [1.54, 1.807) is 12.3 Å². The quantitative estimate of drug-likeness (QED) is 0.846. The number of nitrogens with zero attached hydrogens (tertiary/aromatic N) is 3. The zero-order chi connectivity index (χ0) is 12.3. The van der Waals surface area contributed by atoms with Crippen LogP contribution in [0.25, 0.3) is 0 Å². The number of carboxylic acids is 1. The van der Waals surface area contributed by atoms with Crippen molar-refractivity contribution in [1.82, 2.24) is 14.9 Å². The van der Waals surface area contributed by atoms with Gasteiger partial charge >= 0.3 is 5.97 Å². The lowest BCUT2D eigenvalue weighted by Crippen LogP contribution is -2.35. The number of piperidine rings is 1. The summed E-state index contributed by atoms with van der Waals surface area (Å²) in [6.45, 7) is 1.92. The van der Waals surface area contributed by atoms with Crippen molar-refractivity contribution in [3.05, 3.63) is 24.3 Å². The minimum atomic E-state index is -0.779. The molecular weight excluding hydrogens is 218 g/mol. The summed E-state index contributed by atoms with van der Waals surface area (Å²) in [7, 11) is 2.07. The predicted octanol–water partition coefficient (Wildman–Crippen LogP) is 0.987. The topological polar surface area (TPSA) is 66.3 Å². The molecule has 0 aliphatic carbocycles. The van der Waals surface area contributed by atoms with Gasteiger partial charge in [-0.3, -0.25) is 4.79 Å². The van der Waals surface area contributed by atoms with E-state index in [1.165, 1.54) is 6.33 Å². The molecule has 1 aromatic rings. The molecule has 1 saturated heterocycles. The van der Waals surface area contributed by atoms with Crippen LogP contribution in [0.3, 0.4) is 0 Å². The van der Waals surface area contributed by atoms with Crippen molar-refractivity contribution in [1.29, 1.82) is 0 Å². The third kappa shape index (κ3) is 2.79. The number of aliphatic carboxylic acids is 1. The van der Waals surface area contributed by atoms with Crippen LogP contribution >= 0.6 is 0 Å². The summed E-state index contributed by atoms with van der Waals surface area (Å²) < 4.78 is 0. The summed E-state index contributed by atoms with van der Waals surface area (Å²) in [5.41, 5.74) is 0.627. The van der Waals surface area contributed by atoms with Crippen molar-refractivity contribution in [2.75, 3.05) is 20.1 Å². The van der Waals surface area contributed by atoms with Gasteiger partial charge in [0, 0.05) is 6.20 Å². The minimum absolute atomic E-state index is 0.179. The molecule has 0 radical (unpaired) electrons. The van der Waals surface area contributed by atoms with Crippen molar-refractivity contribution < 1.29 is 9.90 Å². The minimum Gasteiger partial charge on any atom is -0.481 e. The van der Waals surface area contributed by atoms with Crippen LogP contribution < -0.4 is 0 Å². The number of rotatable bonds is 3. The van der Waals surface area contributed by atoms with E-state index in [0.717, 1.165) is 25.9 Å². The van der Waals surface area contributed by atoms with E-state index >= 15 is 0 Å². The zero-order valence-corrected chi connectivity index (χ0v) is 9.91. The summed E-state index contributed by atoms with van der Waals surface area (Å²) in [5.74, 6) is -1.09. The maximum absolute atomic E-state index is 11.4. The number of hydrogen-bond donors (Lipinski definition) is 1. The lowest BCUT2D eigenvalue weighted by Gasteiger charge is -2.32. The molecule has 1 aliphatic rings. The normalized spacial score (nSPS) is 20.1. The molecule has 0 spiro atoms. The Morgan fingerprint density at radius 3 is 2.76 bits per heavy atom. The molecule has 0 bridgehead atoms. The second-order valence-electron chi connectivity index (χ2n) is 4.59. The molecule has 1 fully saturated rings. The molecule has 92 valence electrons. The van der Waals surface area contributed by atoms with Crippen molar-refractivity contribution in [3.63, 3.8) is 0 Å². The number of carbonyl (C=O) groups is 1. The summed E-state index contributed by atoms with van der Waals surface area (Å²) in [6.07, 6.45) is 4.85. The predicted molar refractivity (Wildman–Crippen MR) is 62.6 cm³/mol. The van der Waals surface area contributed by atoms with Crippen LogP contribution in [0.2, 0.25) is 0 Å². The standard InChI is InChI=1S/C12H17N3O2/c1-15-6-3-9(4-7-15)11(12(16)17)10-2-5-13-8-14-10/h2,5,8-9,11H,3-4,6-7H2,1H3,(H,16,17). The van der Waals surface area contributed by atoms with Gasteiger partial charge in [-0.05, 0) is 45.0 Å². The van der Waals surface area contributed by atoms with Crippen molar-refractivity contribution >= 4 is 5.97 Å². The van der Waals surface area contributed by atoms with Gasteiger partial charge in [-0.15, -0.1) is 0 Å². The van der Waals surface area contributed by atoms with Crippen LogP contribution in [0.1, 0.15) is 24.5 Å². The van der Waals surface area contributed by atoms with E-state index in [-0.39, 0.29) is 5.92 Å². The summed E-state index contributed by atoms with van der Waals surface area (Å²) >= 11 is 0. The van der Waals surface area contributed by atoms with Gasteiger partial charge in [0.25, 0.3) is 0 Å². The summed E-state index contributed by atoms with van der Waals surface area (Å²) in [4.78, 5) is 21.6. The molecule has 1 aliphatic heterocycles. The van der Waals surface area contributed by atoms with Gasteiger partial charge in [-0.25, -0.2) is 9.97 Å². The van der Waals surface area contributed by atoms with Crippen LogP contribution in [0.4, 0.5) is 0 Å². The summed E-state index contributed by atoms with van der Waals surface area (Å²) in [6, 6.07) is 1.71. The molecule has 0 saturated carbocycles. The molecule has 1 aromatic heterocycles. The highest BCUT2D eigenvalue weighted by atomic mass is 16.4. The average molecular weight is 235 g/mol. The van der Waals surface area contributed by atoms with Crippen LogP contribution in [0, 0.1) is 5.92 Å². The molecule has 17 heavy (non-hydrogen) atoms. The van der Waals surface area contributed by atoms with Crippen molar-refractivity contribution in [2.24, 2.45) is 5.92 Å². The molecule has 1 atom stereocenters. The zero-order valence-electron chi connectivity index (χ0n) is 9.91. The Hall–Kier alpha value is -1.49. The molecule has 5 heteroatoms. The maximum atomic E-state index is 11.4. The SMILES string of the molecule is CN1CCC(C(C(=O)O)c2ccncn2)CC1. The van der Waals surface area contributed by atoms with Crippen LogP contribution in [0.15, 0.2) is 18.6 Å². The number of hydrogen-bond acceptors (Lipinski definition) is 4. The first-order valence-electron chi connectivity index (χ1n) is 5.85. The van der Waals surface area contributed by atoms with Gasteiger partial charge in [-0.1, -0.05) is 0 Å². The van der Waals surface area contributed by atoms with Gasteiger partial charge in [0.1, 0.15) is 12.2 Å². The number of likely N-dealkylation sites (tertiary alicyclic amines) is 1. The fourth-order valence-corrected chi connectivity index (χ4v) is 2.42. The Bertz CT molecular complexity index is 375. The lowest BCUT2D eigenvalue weighted by molar-refractivity contribution is -0.140. The lowest BCUT2D eigenvalue weighted by atomic mass is 9.82. The van der Waals surface area contributed by atoms with Gasteiger partial charge in [0.2, 0.25) is 0 Å². The van der Waals surface area contributed by atoms with Crippen LogP contribution in [-0.4, -0.2) is 46.1 Å². The smallest absolute Gasteiger partial charge is 0.312 e. The highest BCUT2D eigenvalue weighted by Crippen LogP contribution is 2.31. The fraction of sp³-hybridized carbons (Fsp3) is 0.583. The number of carboxylic acid groups (broad SMARTS) is 1. The Labute approximate surface area is 100 Å². The first kappa shape index (κ1) is 12.0. The van der Waals surface area contributed by atoms with Gasteiger partial charge in [0.15, 0.2) is 0 Å². The van der Waals surface area contributed by atoms with Crippen molar-refractivity contribution in [2.45, 2.75) is 18.8 Å². The van der Waals surface area contributed by atoms with Crippen LogP contribution in [0.5, 0.6) is 0 Å². The van der Waals surface area contributed by atoms with E-state index < -0.39 is 11.9 Å². The molecule has 5 nitrogen and oxygen atoms in total. The Morgan fingerprint density at radius 2 is 2.24 bits per heavy atom. The van der Waals surface area contributed by atoms with Crippen molar-refractivity contribution in [3.8, 4) is 0 Å². The Morgan fingerprint density at radius 1 is 1.53 bits per heavy atom. The Balaban J connectivity index is 2.16. The van der Waals surface area contributed by atoms with E-state index in [2.05, 4.69) is 21.9 Å². The largest absolute Gasteiger partial charge is 0.481 e. The van der Waals surface area contributed by atoms with Crippen LogP contribution in [-0.2, 0) is 4.79 Å². The molecule has 2 heterocycles. The highest BCUT2D eigenvalue weighted by Gasteiger charge is 2.32. The van der Waals surface area contributed by atoms with E-state index in [1.807, 2.05) is 0 Å². The molecule has 1 N–H and O–H groups in total. The van der Waals surface area contributed by atoms with E-state index in [4.69, 9.17) is 0 Å². The first-order chi connectivity index (χ1) is 8.18. The van der Waals surface area contributed by atoms with Gasteiger partial charge < -0.3 is 10.0 Å². The summed E-state index contributed by atoms with van der Waals surface area (Å²) in [5, 5.41) is 9.37. The fourth-order valence-electron chi connectivity index (χ4n) is 2.42. The second-order valence-corrected chi connectivity index (χ2v) is 4.59. The van der Waals surface area contributed by atoms with Gasteiger partial charge in [0.05, 0.1) is 5.69 Å². The molecular formula is C12H17N3O2. The third-order valence-electron chi connectivity index (χ3n) is 3.42. The number of aromatic nitrogens is 2. The Kier molecular flexibility index (Phi) is 3.68. The van der Waals surface area contributed by atoms with E-state index in [9.17, 15) is 9.90 Å². The third-order valence-corrected chi connectivity index (χ3v) is 3.42. The molecule has 2 rings (SSSR count). The second kappa shape index (κ2) is 5.23. The molecule has 0 amide bonds. The monoisotopic (exact) mass is 235 g/mol. The van der Waals surface area contributed by atoms with E-state index in [0.29, 0.717) is 5.69 Å².